The lowest BCUT2D eigenvalue weighted by Gasteiger charge is -2.13. The smallest absolute Gasteiger partial charge is 0.256 e. The summed E-state index contributed by atoms with van der Waals surface area (Å²) in [7, 11) is -16.6. The van der Waals surface area contributed by atoms with Crippen LogP contribution in [-0.4, -0.2) is 32.9 Å². The van der Waals surface area contributed by atoms with Gasteiger partial charge in [-0.25, -0.2) is 8.62 Å². The van der Waals surface area contributed by atoms with Gasteiger partial charge < -0.3 is 0 Å². The van der Waals surface area contributed by atoms with E-state index >= 15 is 0 Å². The number of rotatable bonds is 7. The van der Waals surface area contributed by atoms with Gasteiger partial charge in [-0.15, -0.1) is 0 Å². The summed E-state index contributed by atoms with van der Waals surface area (Å²) in [5.74, 6) is 0. The molecule has 0 bridgehead atoms. The minimum Gasteiger partial charge on any atom is -0.256 e. The number of hydrogen-bond acceptors (Lipinski definition) is 8. The van der Waals surface area contributed by atoms with Gasteiger partial charge in [-0.3, -0.25) is 17.9 Å². The van der Waals surface area contributed by atoms with Crippen LogP contribution in [-0.2, 0) is 36.6 Å². The molecule has 0 fully saturated rings. The van der Waals surface area contributed by atoms with Crippen molar-refractivity contribution in [2.45, 2.75) is 5.51 Å². The highest BCUT2D eigenvalue weighted by Crippen LogP contribution is 2.56. The fraction of sp³-hybridized carbons (Fsp3) is 0.500. The van der Waals surface area contributed by atoms with Crippen LogP contribution in [0.5, 0.6) is 0 Å². The molecule has 0 rings (SSSR count). The fourth-order valence-corrected chi connectivity index (χ4v) is 4.73. The van der Waals surface area contributed by atoms with Crippen LogP contribution in [0.1, 0.15) is 0 Å². The van der Waals surface area contributed by atoms with Crippen molar-refractivity contribution in [1.29, 1.82) is 0 Å². The topological polar surface area (TPSA) is 113 Å². The maximum atomic E-state index is 11.9. The molecule has 0 spiro atoms. The average Bonchev–Trinajstić information content (AvgIpc) is 2.10. The van der Waals surface area contributed by atoms with E-state index in [-0.39, 0.29) is 0 Å². The normalized spacial score (nSPS) is 17.6. The third kappa shape index (κ3) is 6.67. The molecule has 2 unspecified atom stereocenters. The zero-order chi connectivity index (χ0) is 15.5. The van der Waals surface area contributed by atoms with Gasteiger partial charge in [0, 0.05) is 0 Å². The monoisotopic (exact) mass is 364 g/mol. The Labute approximate surface area is 106 Å². The highest BCUT2D eigenvalue weighted by molar-refractivity contribution is 7.87. The van der Waals surface area contributed by atoms with Crippen molar-refractivity contribution in [3.05, 3.63) is 0 Å². The number of halogens is 3. The molecule has 15 heteroatoms. The maximum absolute atomic E-state index is 11.9. The second-order valence-corrected chi connectivity index (χ2v) is 8.31. The van der Waals surface area contributed by atoms with Crippen molar-refractivity contribution >= 4 is 45.6 Å². The summed E-state index contributed by atoms with van der Waals surface area (Å²) in [5.41, 5.74) is -5.77. The van der Waals surface area contributed by atoms with E-state index < -0.39 is 44.9 Å². The molecule has 0 N–H and O–H groups in total. The lowest BCUT2D eigenvalue weighted by Crippen LogP contribution is -2.26. The standard InChI is InChI=1S/C4H6F3O8P3S/c1-16(8)14-18(10,15-17(2)9)3-13-19(11,12)4(5,6)7/h1-3H2. The van der Waals surface area contributed by atoms with Gasteiger partial charge in [-0.05, 0) is 12.6 Å². The van der Waals surface area contributed by atoms with E-state index in [4.69, 9.17) is 0 Å². The number of alkyl halides is 3. The van der Waals surface area contributed by atoms with Crippen LogP contribution in [0, 0.1) is 0 Å². The van der Waals surface area contributed by atoms with Gasteiger partial charge in [0.05, 0.1) is 0 Å². The minimum atomic E-state index is -6.07. The van der Waals surface area contributed by atoms with Gasteiger partial charge in [-0.1, -0.05) is 0 Å². The molecule has 0 saturated carbocycles. The summed E-state index contributed by atoms with van der Waals surface area (Å²) < 4.78 is 101. The summed E-state index contributed by atoms with van der Waals surface area (Å²) in [6.45, 7) is 0. The second-order valence-electron chi connectivity index (χ2n) is 2.59. The molecule has 0 aliphatic heterocycles. The van der Waals surface area contributed by atoms with Crippen molar-refractivity contribution in [3.8, 4) is 0 Å². The average molecular weight is 364 g/mol. The summed E-state index contributed by atoms with van der Waals surface area (Å²) in [6, 6.07) is 0. The van der Waals surface area contributed by atoms with Crippen LogP contribution in [0.15, 0.2) is 0 Å². The van der Waals surface area contributed by atoms with E-state index in [2.05, 4.69) is 25.4 Å². The SMILES string of the molecule is C=P(=O)OP(=O)(COS(=O)(=O)C(F)(F)F)OP(=C)=O. The third-order valence-corrected chi connectivity index (χ3v) is 6.14. The first-order chi connectivity index (χ1) is 8.29. The largest absolute Gasteiger partial charge is 0.523 e. The van der Waals surface area contributed by atoms with E-state index in [9.17, 15) is 35.3 Å². The number of hydrogen-bond donors (Lipinski definition) is 0. The second kappa shape index (κ2) is 6.49. The van der Waals surface area contributed by atoms with Crippen LogP contribution in [0.4, 0.5) is 13.2 Å². The van der Waals surface area contributed by atoms with E-state index in [0.29, 0.717) is 0 Å². The molecule has 0 heterocycles. The Morgan fingerprint density at radius 2 is 1.47 bits per heavy atom. The van der Waals surface area contributed by atoms with Gasteiger partial charge >= 0.3 is 23.2 Å². The van der Waals surface area contributed by atoms with Crippen molar-refractivity contribution in [3.63, 3.8) is 0 Å². The van der Waals surface area contributed by atoms with E-state index in [1.807, 2.05) is 0 Å². The van der Waals surface area contributed by atoms with Crippen molar-refractivity contribution in [2.75, 3.05) is 6.35 Å². The summed E-state index contributed by atoms with van der Waals surface area (Å²) in [5, 5.41) is 0. The van der Waals surface area contributed by atoms with Gasteiger partial charge in [0.2, 0.25) is 15.3 Å². The van der Waals surface area contributed by atoms with E-state index in [0.717, 1.165) is 0 Å². The summed E-state index contributed by atoms with van der Waals surface area (Å²) >= 11 is 0. The molecule has 8 nitrogen and oxygen atoms in total. The first-order valence-corrected chi connectivity index (χ1v) is 9.65. The van der Waals surface area contributed by atoms with Crippen LogP contribution in [0.2, 0.25) is 0 Å². The van der Waals surface area contributed by atoms with Gasteiger partial charge in [-0.2, -0.15) is 21.6 Å². The highest BCUT2D eigenvalue weighted by atomic mass is 32.2. The maximum Gasteiger partial charge on any atom is 0.523 e. The molecule has 0 aromatic heterocycles. The molecule has 0 aromatic rings. The Kier molecular flexibility index (Phi) is 6.42. The van der Waals surface area contributed by atoms with Crippen LogP contribution < -0.4 is 0 Å². The Morgan fingerprint density at radius 1 is 1.11 bits per heavy atom. The lowest BCUT2D eigenvalue weighted by atomic mass is 11.6. The predicted molar refractivity (Wildman–Crippen MR) is 60.2 cm³/mol. The molecule has 19 heavy (non-hydrogen) atoms. The first kappa shape index (κ1) is 18.8. The van der Waals surface area contributed by atoms with Gasteiger partial charge in [0.15, 0.2) is 6.35 Å². The summed E-state index contributed by atoms with van der Waals surface area (Å²) in [6.07, 6.45) is 3.66. The molecule has 0 radical (unpaired) electrons. The van der Waals surface area contributed by atoms with Crippen molar-refractivity contribution < 1.29 is 48.1 Å². The fourth-order valence-electron chi connectivity index (χ4n) is 0.540. The Bertz CT molecular complexity index is 570. The molecular formula is C4H6F3O8P3S. The highest BCUT2D eigenvalue weighted by Gasteiger charge is 2.49. The molecule has 0 aromatic carbocycles. The molecule has 0 saturated heterocycles. The molecule has 0 amide bonds. The Hall–Kier alpha value is -0.210. The first-order valence-electron chi connectivity index (χ1n) is 3.79. The van der Waals surface area contributed by atoms with Crippen molar-refractivity contribution in [1.82, 2.24) is 0 Å². The van der Waals surface area contributed by atoms with Crippen LogP contribution in [0.25, 0.3) is 0 Å². The Morgan fingerprint density at radius 3 is 1.74 bits per heavy atom. The molecule has 112 valence electrons. The molecule has 0 aliphatic carbocycles. The van der Waals surface area contributed by atoms with Gasteiger partial charge in [0.25, 0.3) is 0 Å². The van der Waals surface area contributed by atoms with Gasteiger partial charge in [0.1, 0.15) is 0 Å². The molecule has 2 atom stereocenters. The lowest BCUT2D eigenvalue weighted by molar-refractivity contribution is -0.0532. The third-order valence-electron chi connectivity index (χ3n) is 1.08. The zero-order valence-electron chi connectivity index (χ0n) is 8.77. The van der Waals surface area contributed by atoms with E-state index in [1.165, 1.54) is 0 Å². The van der Waals surface area contributed by atoms with Crippen LogP contribution >= 0.6 is 22.9 Å². The van der Waals surface area contributed by atoms with E-state index in [1.54, 1.807) is 0 Å². The predicted octanol–water partition coefficient (Wildman–Crippen LogP) is 2.39. The van der Waals surface area contributed by atoms with Crippen LogP contribution in [0.3, 0.4) is 0 Å². The molecule has 0 aliphatic rings. The quantitative estimate of drug-likeness (QED) is 0.384. The Balaban J connectivity index is 5.13. The summed E-state index contributed by atoms with van der Waals surface area (Å²) in [4.78, 5) is 0. The molecular weight excluding hydrogens is 358 g/mol. The zero-order valence-corrected chi connectivity index (χ0v) is 12.3. The van der Waals surface area contributed by atoms with Crippen molar-refractivity contribution in [2.24, 2.45) is 0 Å². The minimum absolute atomic E-state index is 1.78.